The number of benzene rings is 1. The summed E-state index contributed by atoms with van der Waals surface area (Å²) in [5.41, 5.74) is 8.78. The van der Waals surface area contributed by atoms with E-state index < -0.39 is 5.91 Å². The fraction of sp³-hybridized carbons (Fsp3) is 0.118. The molecule has 0 fully saturated rings. The summed E-state index contributed by atoms with van der Waals surface area (Å²) in [5, 5.41) is 7.45. The van der Waals surface area contributed by atoms with Crippen LogP contribution in [0.2, 0.25) is 0 Å². The molecule has 116 valence electrons. The lowest BCUT2D eigenvalue weighted by Crippen LogP contribution is -2.12. The van der Waals surface area contributed by atoms with E-state index in [4.69, 9.17) is 5.73 Å². The van der Waals surface area contributed by atoms with Crippen LogP contribution in [0.15, 0.2) is 55.0 Å². The van der Waals surface area contributed by atoms with E-state index in [1.165, 1.54) is 0 Å². The van der Waals surface area contributed by atoms with E-state index in [2.05, 4.69) is 15.4 Å². The first-order valence-electron chi connectivity index (χ1n) is 7.23. The average molecular weight is 307 g/mol. The fourth-order valence-corrected chi connectivity index (χ4v) is 2.22. The van der Waals surface area contributed by atoms with Crippen molar-refractivity contribution in [3.63, 3.8) is 0 Å². The van der Waals surface area contributed by atoms with E-state index in [-0.39, 0.29) is 0 Å². The predicted molar refractivity (Wildman–Crippen MR) is 88.4 cm³/mol. The Morgan fingerprint density at radius 2 is 2.17 bits per heavy atom. The number of pyridine rings is 1. The van der Waals surface area contributed by atoms with Gasteiger partial charge in [0.25, 0.3) is 0 Å². The van der Waals surface area contributed by atoms with Crippen LogP contribution in [-0.2, 0) is 6.54 Å². The molecule has 6 heteroatoms. The van der Waals surface area contributed by atoms with Gasteiger partial charge in [-0.25, -0.2) is 9.67 Å². The molecule has 23 heavy (non-hydrogen) atoms. The van der Waals surface area contributed by atoms with Crippen LogP contribution in [0.5, 0.6) is 0 Å². The molecule has 0 bridgehead atoms. The Bertz CT molecular complexity index is 810. The van der Waals surface area contributed by atoms with E-state index >= 15 is 0 Å². The minimum atomic E-state index is -0.432. The fourth-order valence-electron chi connectivity index (χ4n) is 2.22. The molecule has 3 rings (SSSR count). The van der Waals surface area contributed by atoms with Crippen molar-refractivity contribution in [2.75, 3.05) is 5.32 Å². The summed E-state index contributed by atoms with van der Waals surface area (Å²) in [5.74, 6) is 0.337. The number of carbonyl (C=O) groups is 1. The normalized spacial score (nSPS) is 10.5. The van der Waals surface area contributed by atoms with E-state index in [9.17, 15) is 4.79 Å². The number of hydrogen-bond donors (Lipinski definition) is 2. The monoisotopic (exact) mass is 307 g/mol. The first kappa shape index (κ1) is 14.8. The lowest BCUT2D eigenvalue weighted by Gasteiger charge is -2.11. The number of anilines is 1. The highest BCUT2D eigenvalue weighted by Crippen LogP contribution is 2.18. The van der Waals surface area contributed by atoms with Gasteiger partial charge < -0.3 is 11.1 Å². The van der Waals surface area contributed by atoms with Gasteiger partial charge in [-0.3, -0.25) is 4.79 Å². The van der Waals surface area contributed by atoms with E-state index in [1.807, 2.05) is 37.4 Å². The number of nitrogens with one attached hydrogen (secondary N) is 1. The van der Waals surface area contributed by atoms with Crippen molar-refractivity contribution in [2.45, 2.75) is 13.5 Å². The highest BCUT2D eigenvalue weighted by atomic mass is 16.1. The zero-order valence-electron chi connectivity index (χ0n) is 12.7. The maximum Gasteiger partial charge on any atom is 0.248 e. The first-order valence-corrected chi connectivity index (χ1v) is 7.23. The minimum Gasteiger partial charge on any atom is -0.381 e. The van der Waals surface area contributed by atoms with Crippen molar-refractivity contribution in [2.24, 2.45) is 5.73 Å². The number of hydrogen-bond acceptors (Lipinski definition) is 4. The molecule has 2 aromatic heterocycles. The Labute approximate surface area is 134 Å². The topological polar surface area (TPSA) is 85.8 Å². The summed E-state index contributed by atoms with van der Waals surface area (Å²) in [4.78, 5) is 15.7. The number of nitrogens with two attached hydrogens (primary N) is 1. The highest BCUT2D eigenvalue weighted by molar-refractivity contribution is 5.94. The molecule has 0 unspecified atom stereocenters. The van der Waals surface area contributed by atoms with Crippen LogP contribution in [0.1, 0.15) is 21.5 Å². The SMILES string of the molecule is Cc1ccc(C(N)=O)cc1NCc1ccc(-n2cccn2)nc1. The lowest BCUT2D eigenvalue weighted by molar-refractivity contribution is 0.100. The number of nitrogens with zero attached hydrogens (tertiary/aromatic N) is 3. The molecule has 3 N–H and O–H groups in total. The Morgan fingerprint density at radius 1 is 1.30 bits per heavy atom. The van der Waals surface area contributed by atoms with Crippen molar-refractivity contribution in [3.8, 4) is 5.82 Å². The summed E-state index contributed by atoms with van der Waals surface area (Å²) < 4.78 is 1.71. The van der Waals surface area contributed by atoms with Crippen LogP contribution in [0, 0.1) is 6.92 Å². The number of amides is 1. The van der Waals surface area contributed by atoms with Gasteiger partial charge in [0.05, 0.1) is 0 Å². The number of carbonyl (C=O) groups excluding carboxylic acids is 1. The molecule has 0 aliphatic rings. The molecule has 0 radical (unpaired) electrons. The van der Waals surface area contributed by atoms with Gasteiger partial charge in [-0.2, -0.15) is 5.10 Å². The molecule has 0 saturated carbocycles. The quantitative estimate of drug-likeness (QED) is 0.757. The van der Waals surface area contributed by atoms with Crippen LogP contribution in [-0.4, -0.2) is 20.7 Å². The third-order valence-electron chi connectivity index (χ3n) is 3.55. The second-order valence-corrected chi connectivity index (χ2v) is 5.22. The standard InChI is InChI=1S/C17H17N5O/c1-12-3-5-14(17(18)23)9-15(12)19-10-13-4-6-16(20-11-13)22-8-2-7-21-22/h2-9,11,19H,10H2,1H3,(H2,18,23). The van der Waals surface area contributed by atoms with E-state index in [0.717, 1.165) is 22.6 Å². The summed E-state index contributed by atoms with van der Waals surface area (Å²) in [6.07, 6.45) is 5.36. The Hall–Kier alpha value is -3.15. The van der Waals surface area contributed by atoms with Gasteiger partial charge >= 0.3 is 0 Å². The van der Waals surface area contributed by atoms with Crippen LogP contribution < -0.4 is 11.1 Å². The van der Waals surface area contributed by atoms with Crippen molar-refractivity contribution in [1.29, 1.82) is 0 Å². The zero-order valence-corrected chi connectivity index (χ0v) is 12.7. The maximum absolute atomic E-state index is 11.3. The molecule has 0 aliphatic carbocycles. The van der Waals surface area contributed by atoms with Crippen LogP contribution in [0.3, 0.4) is 0 Å². The molecule has 0 saturated heterocycles. The van der Waals surface area contributed by atoms with Gasteiger partial charge in [0.15, 0.2) is 5.82 Å². The Balaban J connectivity index is 1.71. The smallest absolute Gasteiger partial charge is 0.248 e. The molecule has 1 amide bonds. The molecule has 0 spiro atoms. The first-order chi connectivity index (χ1) is 11.1. The molecule has 0 atom stereocenters. The Kier molecular flexibility index (Phi) is 4.05. The van der Waals surface area contributed by atoms with E-state index in [0.29, 0.717) is 12.1 Å². The maximum atomic E-state index is 11.3. The second kappa shape index (κ2) is 6.31. The summed E-state index contributed by atoms with van der Waals surface area (Å²) in [6, 6.07) is 11.1. The van der Waals surface area contributed by atoms with Gasteiger partial charge in [-0.1, -0.05) is 12.1 Å². The summed E-state index contributed by atoms with van der Waals surface area (Å²) >= 11 is 0. The molecular formula is C17H17N5O. The molecule has 0 aliphatic heterocycles. The van der Waals surface area contributed by atoms with Crippen molar-refractivity contribution < 1.29 is 4.79 Å². The van der Waals surface area contributed by atoms with Gasteiger partial charge in [0.2, 0.25) is 5.91 Å². The van der Waals surface area contributed by atoms with Gasteiger partial charge in [-0.05, 0) is 42.3 Å². The van der Waals surface area contributed by atoms with Crippen molar-refractivity contribution in [3.05, 3.63) is 71.7 Å². The van der Waals surface area contributed by atoms with Gasteiger partial charge in [-0.15, -0.1) is 0 Å². The average Bonchev–Trinajstić information content (AvgIpc) is 3.09. The minimum absolute atomic E-state index is 0.432. The third kappa shape index (κ3) is 3.37. The molecular weight excluding hydrogens is 290 g/mol. The molecule has 2 heterocycles. The third-order valence-corrected chi connectivity index (χ3v) is 3.55. The second-order valence-electron chi connectivity index (χ2n) is 5.22. The van der Waals surface area contributed by atoms with Crippen LogP contribution >= 0.6 is 0 Å². The number of rotatable bonds is 5. The predicted octanol–water partition coefficient (Wildman–Crippen LogP) is 2.29. The summed E-state index contributed by atoms with van der Waals surface area (Å²) in [6.45, 7) is 2.58. The lowest BCUT2D eigenvalue weighted by atomic mass is 10.1. The number of aryl methyl sites for hydroxylation is 1. The zero-order chi connectivity index (χ0) is 16.2. The van der Waals surface area contributed by atoms with E-state index in [1.54, 1.807) is 29.2 Å². The molecule has 6 nitrogen and oxygen atoms in total. The van der Waals surface area contributed by atoms with Crippen LogP contribution in [0.4, 0.5) is 5.69 Å². The Morgan fingerprint density at radius 3 is 2.83 bits per heavy atom. The van der Waals surface area contributed by atoms with Gasteiger partial charge in [0, 0.05) is 36.4 Å². The molecule has 1 aromatic carbocycles. The van der Waals surface area contributed by atoms with Crippen LogP contribution in [0.25, 0.3) is 5.82 Å². The molecule has 3 aromatic rings. The van der Waals surface area contributed by atoms with Crippen molar-refractivity contribution in [1.82, 2.24) is 14.8 Å². The number of primary amides is 1. The van der Waals surface area contributed by atoms with Gasteiger partial charge in [0.1, 0.15) is 0 Å². The highest BCUT2D eigenvalue weighted by Gasteiger charge is 2.05. The number of aromatic nitrogens is 3. The largest absolute Gasteiger partial charge is 0.381 e. The van der Waals surface area contributed by atoms with Crippen molar-refractivity contribution >= 4 is 11.6 Å². The summed E-state index contributed by atoms with van der Waals surface area (Å²) in [7, 11) is 0.